The van der Waals surface area contributed by atoms with Crippen LogP contribution in [0.25, 0.3) is 0 Å². The van der Waals surface area contributed by atoms with E-state index in [-0.39, 0.29) is 0 Å². The molecule has 1 aromatic rings. The number of rotatable bonds is 1. The molecule has 0 N–H and O–H groups in total. The van der Waals surface area contributed by atoms with Crippen molar-refractivity contribution in [1.82, 2.24) is 0 Å². The molecule has 0 spiro atoms. The zero-order chi connectivity index (χ0) is 10.4. The van der Waals surface area contributed by atoms with Gasteiger partial charge in [0.15, 0.2) is 0 Å². The molecule has 1 aromatic carbocycles. The molecule has 3 fully saturated rings. The van der Waals surface area contributed by atoms with Crippen LogP contribution >= 0.6 is 15.9 Å². The van der Waals surface area contributed by atoms with E-state index in [2.05, 4.69) is 15.9 Å². The molecule has 0 aromatic heterocycles. The van der Waals surface area contributed by atoms with Crippen LogP contribution in [0.15, 0.2) is 28.7 Å². The Bertz CT molecular complexity index is 412. The van der Waals surface area contributed by atoms with E-state index < -0.39 is 0 Å². The summed E-state index contributed by atoms with van der Waals surface area (Å²) in [6.45, 7) is 0.901. The molecule has 1 amide bonds. The molecule has 78 valence electrons. The summed E-state index contributed by atoms with van der Waals surface area (Å²) in [5, 5.41) is 0. The van der Waals surface area contributed by atoms with E-state index in [0.717, 1.165) is 35.5 Å². The normalized spacial score (nSPS) is 28.9. The van der Waals surface area contributed by atoms with Crippen molar-refractivity contribution in [2.24, 2.45) is 11.8 Å². The van der Waals surface area contributed by atoms with Gasteiger partial charge < -0.3 is 4.90 Å². The van der Waals surface area contributed by atoms with E-state index in [9.17, 15) is 4.79 Å². The zero-order valence-corrected chi connectivity index (χ0v) is 9.90. The first-order valence-electron chi connectivity index (χ1n) is 5.31. The van der Waals surface area contributed by atoms with E-state index in [1.807, 2.05) is 29.2 Å². The molecule has 2 heterocycles. The monoisotopic (exact) mass is 265 g/mol. The van der Waals surface area contributed by atoms with Gasteiger partial charge in [-0.15, -0.1) is 0 Å². The molecule has 1 saturated carbocycles. The zero-order valence-electron chi connectivity index (χ0n) is 8.32. The fourth-order valence-electron chi connectivity index (χ4n) is 2.54. The van der Waals surface area contributed by atoms with Crippen molar-refractivity contribution in [3.63, 3.8) is 0 Å². The molecular weight excluding hydrogens is 254 g/mol. The molecule has 2 saturated heterocycles. The first kappa shape index (κ1) is 9.40. The van der Waals surface area contributed by atoms with Gasteiger partial charge in [0.1, 0.15) is 0 Å². The molecule has 0 atom stereocenters. The summed E-state index contributed by atoms with van der Waals surface area (Å²) in [6.07, 6.45) is 2.22. The van der Waals surface area contributed by atoms with Crippen LogP contribution in [0.5, 0.6) is 0 Å². The lowest BCUT2D eigenvalue weighted by Crippen LogP contribution is -2.53. The Labute approximate surface area is 97.4 Å². The maximum atomic E-state index is 12.0. The molecule has 0 unspecified atom stereocenters. The maximum absolute atomic E-state index is 12.0. The number of anilines is 1. The summed E-state index contributed by atoms with van der Waals surface area (Å²) in [4.78, 5) is 14.0. The van der Waals surface area contributed by atoms with Gasteiger partial charge in [-0.25, -0.2) is 0 Å². The molecule has 1 aliphatic carbocycles. The number of amides is 1. The average molecular weight is 266 g/mol. The number of hydrogen-bond acceptors (Lipinski definition) is 1. The van der Waals surface area contributed by atoms with Gasteiger partial charge in [-0.3, -0.25) is 4.79 Å². The van der Waals surface area contributed by atoms with Crippen LogP contribution in [0.1, 0.15) is 12.8 Å². The lowest BCUT2D eigenvalue weighted by molar-refractivity contribution is -0.129. The van der Waals surface area contributed by atoms with Crippen LogP contribution in [0.3, 0.4) is 0 Å². The number of benzene rings is 1. The van der Waals surface area contributed by atoms with Crippen LogP contribution in [0.4, 0.5) is 5.69 Å². The van der Waals surface area contributed by atoms with Crippen molar-refractivity contribution in [2.45, 2.75) is 12.8 Å². The number of para-hydroxylation sites is 1. The van der Waals surface area contributed by atoms with Crippen LogP contribution in [0.2, 0.25) is 0 Å². The number of carbonyl (C=O) groups is 1. The van der Waals surface area contributed by atoms with Gasteiger partial charge in [-0.2, -0.15) is 0 Å². The SMILES string of the molecule is O=C1C2CC(C2)CN1c1ccccc1Br. The lowest BCUT2D eigenvalue weighted by Gasteiger charge is -2.46. The predicted molar refractivity (Wildman–Crippen MR) is 62.7 cm³/mol. The second-order valence-corrected chi connectivity index (χ2v) is 5.29. The van der Waals surface area contributed by atoms with Gasteiger partial charge >= 0.3 is 0 Å². The topological polar surface area (TPSA) is 20.3 Å². The van der Waals surface area contributed by atoms with Gasteiger partial charge in [-0.05, 0) is 46.8 Å². The first-order valence-corrected chi connectivity index (χ1v) is 6.11. The molecule has 2 aliphatic heterocycles. The van der Waals surface area contributed by atoms with Crippen molar-refractivity contribution in [3.8, 4) is 0 Å². The average Bonchev–Trinajstić information content (AvgIpc) is 2.17. The molecule has 4 rings (SSSR count). The Morgan fingerprint density at radius 3 is 2.67 bits per heavy atom. The van der Waals surface area contributed by atoms with E-state index in [4.69, 9.17) is 0 Å². The summed E-state index contributed by atoms with van der Waals surface area (Å²) in [7, 11) is 0. The number of piperidine rings is 2. The third kappa shape index (κ3) is 1.41. The number of hydrogen-bond donors (Lipinski definition) is 0. The van der Waals surface area contributed by atoms with Crippen molar-refractivity contribution in [2.75, 3.05) is 11.4 Å². The molecule has 3 heteroatoms. The third-order valence-corrected chi connectivity index (χ3v) is 4.11. The largest absolute Gasteiger partial charge is 0.311 e. The van der Waals surface area contributed by atoms with E-state index >= 15 is 0 Å². The number of carbonyl (C=O) groups excluding carboxylic acids is 1. The fraction of sp³-hybridized carbons (Fsp3) is 0.417. The van der Waals surface area contributed by atoms with Crippen LogP contribution in [-0.2, 0) is 4.79 Å². The summed E-state index contributed by atoms with van der Waals surface area (Å²) in [5.74, 6) is 1.35. The van der Waals surface area contributed by atoms with Crippen LogP contribution in [-0.4, -0.2) is 12.5 Å². The van der Waals surface area contributed by atoms with Crippen molar-refractivity contribution in [3.05, 3.63) is 28.7 Å². The van der Waals surface area contributed by atoms with Gasteiger partial charge in [0.25, 0.3) is 0 Å². The highest BCUT2D eigenvalue weighted by molar-refractivity contribution is 9.10. The summed E-state index contributed by atoms with van der Waals surface area (Å²) in [5.41, 5.74) is 1.02. The fourth-order valence-corrected chi connectivity index (χ4v) is 3.04. The predicted octanol–water partition coefficient (Wildman–Crippen LogP) is 2.82. The number of nitrogens with zero attached hydrogens (tertiary/aromatic N) is 1. The second kappa shape index (κ2) is 3.34. The number of fused-ring (bicyclic) bond motifs is 2. The standard InChI is InChI=1S/C12H12BrNO/c13-10-3-1-2-4-11(10)14-7-8-5-9(6-8)12(14)15/h1-4,8-9H,5-7H2. The molecule has 15 heavy (non-hydrogen) atoms. The summed E-state index contributed by atoms with van der Waals surface area (Å²) >= 11 is 3.50. The molecule has 2 nitrogen and oxygen atoms in total. The van der Waals surface area contributed by atoms with E-state index in [1.165, 1.54) is 0 Å². The highest BCUT2D eigenvalue weighted by atomic mass is 79.9. The maximum Gasteiger partial charge on any atom is 0.230 e. The Balaban J connectivity index is 1.94. The Morgan fingerprint density at radius 1 is 1.27 bits per heavy atom. The third-order valence-electron chi connectivity index (χ3n) is 3.43. The molecule has 3 aliphatic rings. The van der Waals surface area contributed by atoms with E-state index in [1.54, 1.807) is 0 Å². The van der Waals surface area contributed by atoms with Gasteiger partial charge in [0.05, 0.1) is 5.69 Å². The molecule has 2 bridgehead atoms. The number of halogens is 1. The first-order chi connectivity index (χ1) is 7.25. The van der Waals surface area contributed by atoms with Crippen molar-refractivity contribution >= 4 is 27.5 Å². The lowest BCUT2D eigenvalue weighted by atomic mass is 9.70. The summed E-state index contributed by atoms with van der Waals surface area (Å²) < 4.78 is 1.01. The molecule has 0 radical (unpaired) electrons. The van der Waals surface area contributed by atoms with Gasteiger partial charge in [0, 0.05) is 16.9 Å². The molecular formula is C12H12BrNO. The van der Waals surface area contributed by atoms with E-state index in [0.29, 0.717) is 11.8 Å². The minimum atomic E-state index is 0.302. The second-order valence-electron chi connectivity index (χ2n) is 4.43. The minimum Gasteiger partial charge on any atom is -0.311 e. The van der Waals surface area contributed by atoms with Crippen molar-refractivity contribution in [1.29, 1.82) is 0 Å². The van der Waals surface area contributed by atoms with Crippen molar-refractivity contribution < 1.29 is 4.79 Å². The van der Waals surface area contributed by atoms with Crippen LogP contribution < -0.4 is 4.90 Å². The Morgan fingerprint density at radius 2 is 2.00 bits per heavy atom. The van der Waals surface area contributed by atoms with Gasteiger partial charge in [0.2, 0.25) is 5.91 Å². The van der Waals surface area contributed by atoms with Gasteiger partial charge in [-0.1, -0.05) is 12.1 Å². The summed E-state index contributed by atoms with van der Waals surface area (Å²) in [6, 6.07) is 7.95. The highest BCUT2D eigenvalue weighted by Gasteiger charge is 2.44. The minimum absolute atomic E-state index is 0.302. The highest BCUT2D eigenvalue weighted by Crippen LogP contribution is 2.43. The smallest absolute Gasteiger partial charge is 0.230 e. The van der Waals surface area contributed by atoms with Crippen LogP contribution in [0, 0.1) is 11.8 Å². The quantitative estimate of drug-likeness (QED) is 0.765. The Kier molecular flexibility index (Phi) is 2.09. The Hall–Kier alpha value is -0.830.